The van der Waals surface area contributed by atoms with E-state index in [9.17, 15) is 40.7 Å². The minimum atomic E-state index is -5.00. The number of nitrogens with zero attached hydrogens (tertiary/aromatic N) is 1. The van der Waals surface area contributed by atoms with Crippen LogP contribution in [0.2, 0.25) is 0 Å². The lowest BCUT2D eigenvalue weighted by molar-refractivity contribution is -0.143. The summed E-state index contributed by atoms with van der Waals surface area (Å²) in [6.07, 6.45) is -10.4. The van der Waals surface area contributed by atoms with Crippen LogP contribution in [0.3, 0.4) is 0 Å². The number of rotatable bonds is 9. The second-order valence-electron chi connectivity index (χ2n) is 8.10. The van der Waals surface area contributed by atoms with Crippen LogP contribution in [0.25, 0.3) is 0 Å². The summed E-state index contributed by atoms with van der Waals surface area (Å²) in [5.41, 5.74) is 3.61. The van der Waals surface area contributed by atoms with E-state index in [0.29, 0.717) is 12.1 Å². The van der Waals surface area contributed by atoms with Gasteiger partial charge in [-0.15, -0.1) is 0 Å². The van der Waals surface area contributed by atoms with Gasteiger partial charge in [0.25, 0.3) is 5.91 Å². The fraction of sp³-hybridized carbons (Fsp3) is 0.348. The monoisotopic (exact) mass is 535 g/mol. The molecule has 0 saturated heterocycles. The molecule has 0 aromatic heterocycles. The number of nitrogens with one attached hydrogen (secondary N) is 1. The zero-order valence-corrected chi connectivity index (χ0v) is 19.5. The predicted molar refractivity (Wildman–Crippen MR) is 116 cm³/mol. The molecule has 0 aliphatic rings. The second kappa shape index (κ2) is 11.5. The van der Waals surface area contributed by atoms with E-state index in [2.05, 4.69) is 0 Å². The van der Waals surface area contributed by atoms with Crippen LogP contribution in [0.5, 0.6) is 5.75 Å². The first kappa shape index (κ1) is 29.4. The molecule has 8 nitrogen and oxygen atoms in total. The Bertz CT molecular complexity index is 1100. The van der Waals surface area contributed by atoms with Crippen molar-refractivity contribution in [1.82, 2.24) is 10.4 Å². The van der Waals surface area contributed by atoms with Gasteiger partial charge in [-0.25, -0.2) is 5.48 Å². The van der Waals surface area contributed by atoms with Crippen LogP contribution in [0.4, 0.5) is 26.3 Å². The number of primary amides is 1. The van der Waals surface area contributed by atoms with Gasteiger partial charge in [0.1, 0.15) is 18.4 Å². The molecule has 4 N–H and O–H groups in total. The average molecular weight is 535 g/mol. The van der Waals surface area contributed by atoms with E-state index >= 15 is 0 Å². The van der Waals surface area contributed by atoms with E-state index in [0.717, 1.165) is 4.90 Å². The summed E-state index contributed by atoms with van der Waals surface area (Å²) in [6.45, 7) is 0.714. The molecule has 0 radical (unpaired) electrons. The first-order chi connectivity index (χ1) is 17.0. The number of nitrogens with two attached hydrogens (primary N) is 1. The maximum Gasteiger partial charge on any atom is 0.416 e. The van der Waals surface area contributed by atoms with Crippen LogP contribution in [0.1, 0.15) is 41.5 Å². The molecule has 37 heavy (non-hydrogen) atoms. The molecule has 2 rings (SSSR count). The summed E-state index contributed by atoms with van der Waals surface area (Å²) in [7, 11) is 1.28. The lowest BCUT2D eigenvalue weighted by Crippen LogP contribution is -2.47. The van der Waals surface area contributed by atoms with E-state index in [1.54, 1.807) is 0 Å². The highest BCUT2D eigenvalue weighted by molar-refractivity contribution is 5.92. The van der Waals surface area contributed by atoms with Gasteiger partial charge in [0.2, 0.25) is 11.8 Å². The molecular formula is C23H23F6N3O5. The minimum Gasteiger partial charge on any atom is -0.489 e. The molecule has 202 valence electrons. The van der Waals surface area contributed by atoms with Crippen LogP contribution in [-0.4, -0.2) is 40.9 Å². The maximum absolute atomic E-state index is 13.0. The number of alkyl halides is 6. The van der Waals surface area contributed by atoms with Gasteiger partial charge in [-0.2, -0.15) is 26.3 Å². The van der Waals surface area contributed by atoms with Crippen LogP contribution in [0.15, 0.2) is 42.5 Å². The van der Waals surface area contributed by atoms with Gasteiger partial charge in [0.15, 0.2) is 0 Å². The standard InChI is InChI=1S/C23H23F6N3O5/c1-12(20(34)31-36)32(2)21(35)18(10-19(30)33)14-3-5-17(6-4-14)37-11-13-7-15(22(24,25)26)9-16(8-13)23(27,28)29/h3-9,12,18,36H,10-11H2,1-2H3,(H2,30,33)(H,31,34). The van der Waals surface area contributed by atoms with Crippen molar-refractivity contribution in [3.8, 4) is 5.75 Å². The Morgan fingerprint density at radius 1 is 1.00 bits per heavy atom. The van der Waals surface area contributed by atoms with Gasteiger partial charge >= 0.3 is 12.4 Å². The van der Waals surface area contributed by atoms with E-state index in [-0.39, 0.29) is 22.9 Å². The van der Waals surface area contributed by atoms with E-state index < -0.39 is 66.2 Å². The number of carbonyl (C=O) groups is 3. The highest BCUT2D eigenvalue weighted by Crippen LogP contribution is 2.36. The van der Waals surface area contributed by atoms with Gasteiger partial charge in [-0.3, -0.25) is 19.6 Å². The average Bonchev–Trinajstić information content (AvgIpc) is 2.83. The van der Waals surface area contributed by atoms with Crippen LogP contribution in [-0.2, 0) is 33.3 Å². The first-order valence-corrected chi connectivity index (χ1v) is 10.5. The molecule has 0 saturated carbocycles. The van der Waals surface area contributed by atoms with E-state index in [4.69, 9.17) is 15.7 Å². The first-order valence-electron chi connectivity index (χ1n) is 10.5. The number of hydrogen-bond donors (Lipinski definition) is 3. The molecule has 0 fully saturated rings. The van der Waals surface area contributed by atoms with Crippen molar-refractivity contribution in [2.75, 3.05) is 7.05 Å². The Balaban J connectivity index is 2.25. The van der Waals surface area contributed by atoms with Gasteiger partial charge in [-0.05, 0) is 48.4 Å². The Morgan fingerprint density at radius 3 is 1.95 bits per heavy atom. The van der Waals surface area contributed by atoms with Crippen molar-refractivity contribution in [3.63, 3.8) is 0 Å². The molecule has 0 spiro atoms. The smallest absolute Gasteiger partial charge is 0.416 e. The third-order valence-corrected chi connectivity index (χ3v) is 5.46. The zero-order chi connectivity index (χ0) is 28.1. The SMILES string of the molecule is CC(C(=O)NO)N(C)C(=O)C(CC(N)=O)c1ccc(OCc2cc(C(F)(F)F)cc(C(F)(F)F)c2)cc1. The Hall–Kier alpha value is -3.81. The Morgan fingerprint density at radius 2 is 1.51 bits per heavy atom. The number of halogens is 6. The molecule has 2 aromatic rings. The Kier molecular flexibility index (Phi) is 9.14. The minimum absolute atomic E-state index is 0.0102. The Labute approximate surface area is 206 Å². The summed E-state index contributed by atoms with van der Waals surface area (Å²) >= 11 is 0. The number of ether oxygens (including phenoxy) is 1. The fourth-order valence-corrected chi connectivity index (χ4v) is 3.32. The molecule has 2 atom stereocenters. The number of likely N-dealkylation sites (N-methyl/N-ethyl adjacent to an activating group) is 1. The summed E-state index contributed by atoms with van der Waals surface area (Å²) < 4.78 is 83.6. The number of benzene rings is 2. The maximum atomic E-state index is 13.0. The number of hydrogen-bond acceptors (Lipinski definition) is 5. The van der Waals surface area contributed by atoms with Crippen LogP contribution >= 0.6 is 0 Å². The third-order valence-electron chi connectivity index (χ3n) is 5.46. The van der Waals surface area contributed by atoms with Gasteiger partial charge in [0, 0.05) is 13.5 Å². The topological polar surface area (TPSA) is 122 Å². The summed E-state index contributed by atoms with van der Waals surface area (Å²) in [5.74, 6) is -3.44. The fourth-order valence-electron chi connectivity index (χ4n) is 3.32. The second-order valence-corrected chi connectivity index (χ2v) is 8.10. The predicted octanol–water partition coefficient (Wildman–Crippen LogP) is 3.61. The molecule has 0 aliphatic carbocycles. The molecule has 0 bridgehead atoms. The molecule has 14 heteroatoms. The zero-order valence-electron chi connectivity index (χ0n) is 19.5. The number of carbonyl (C=O) groups excluding carboxylic acids is 3. The number of hydroxylamine groups is 1. The van der Waals surface area contributed by atoms with Crippen molar-refractivity contribution < 1.29 is 50.7 Å². The van der Waals surface area contributed by atoms with Crippen molar-refractivity contribution in [2.24, 2.45) is 5.73 Å². The molecule has 2 unspecified atom stereocenters. The molecular weight excluding hydrogens is 512 g/mol. The van der Waals surface area contributed by atoms with Crippen molar-refractivity contribution >= 4 is 17.7 Å². The molecule has 0 aliphatic heterocycles. The summed E-state index contributed by atoms with van der Waals surface area (Å²) in [4.78, 5) is 37.1. The number of amides is 3. The lowest BCUT2D eigenvalue weighted by atomic mass is 9.93. The van der Waals surface area contributed by atoms with Gasteiger partial charge in [-0.1, -0.05) is 12.1 Å². The molecule has 0 heterocycles. The van der Waals surface area contributed by atoms with E-state index in [1.807, 2.05) is 0 Å². The van der Waals surface area contributed by atoms with Crippen molar-refractivity contribution in [1.29, 1.82) is 0 Å². The van der Waals surface area contributed by atoms with E-state index in [1.165, 1.54) is 43.7 Å². The highest BCUT2D eigenvalue weighted by atomic mass is 19.4. The van der Waals surface area contributed by atoms with Crippen molar-refractivity contribution in [3.05, 3.63) is 64.7 Å². The normalized spacial score (nSPS) is 13.4. The van der Waals surface area contributed by atoms with Crippen LogP contribution in [0, 0.1) is 0 Å². The van der Waals surface area contributed by atoms with Crippen LogP contribution < -0.4 is 16.0 Å². The lowest BCUT2D eigenvalue weighted by Gasteiger charge is -2.27. The molecule has 3 amide bonds. The third kappa shape index (κ3) is 7.84. The van der Waals surface area contributed by atoms with Crippen molar-refractivity contribution in [2.45, 2.75) is 44.3 Å². The molecule has 2 aromatic carbocycles. The van der Waals surface area contributed by atoms with Gasteiger partial charge in [0.05, 0.1) is 17.0 Å². The highest BCUT2D eigenvalue weighted by Gasteiger charge is 2.37. The quantitative estimate of drug-likeness (QED) is 0.257. The van der Waals surface area contributed by atoms with Gasteiger partial charge < -0.3 is 15.4 Å². The summed E-state index contributed by atoms with van der Waals surface area (Å²) in [5, 5.41) is 8.77. The largest absolute Gasteiger partial charge is 0.489 e. The summed E-state index contributed by atoms with van der Waals surface area (Å²) in [6, 6.07) is 5.34.